The summed E-state index contributed by atoms with van der Waals surface area (Å²) in [5, 5.41) is 0.725. The van der Waals surface area contributed by atoms with Crippen LogP contribution in [-0.4, -0.2) is 32.7 Å². The van der Waals surface area contributed by atoms with Crippen LogP contribution in [-0.2, 0) is 17.7 Å². The molecule has 5 heteroatoms. The number of carbonyl (C=O) groups excluding carboxylic acids is 1. The molecular formula is C25H29N3O2. The number of ether oxygens (including phenoxy) is 1. The lowest BCUT2D eigenvalue weighted by atomic mass is 10.0. The van der Waals surface area contributed by atoms with Crippen molar-refractivity contribution in [3.8, 4) is 0 Å². The molecule has 0 saturated carbocycles. The molecule has 1 amide bonds. The predicted octanol–water partition coefficient (Wildman–Crippen LogP) is 5.57. The molecule has 0 saturated heterocycles. The van der Waals surface area contributed by atoms with Crippen molar-refractivity contribution >= 4 is 29.3 Å². The molecule has 1 aliphatic rings. The Labute approximate surface area is 187 Å². The highest BCUT2D eigenvalue weighted by Crippen LogP contribution is 2.32. The average Bonchev–Trinajstić information content (AvgIpc) is 3.08. The van der Waals surface area contributed by atoms with Crippen molar-refractivity contribution in [1.29, 1.82) is 0 Å². The van der Waals surface area contributed by atoms with Gasteiger partial charge in [0.15, 0.2) is 0 Å². The minimum Gasteiger partial charge on any atom is -0.444 e. The Balaban J connectivity index is 1.78. The fourth-order valence-corrected chi connectivity index (χ4v) is 3.66. The Hall–Kier alpha value is -3.08. The van der Waals surface area contributed by atoms with Crippen LogP contribution in [0.2, 0.25) is 0 Å². The zero-order valence-electron chi connectivity index (χ0n) is 24.3. The number of aryl methyl sites for hydroxylation is 2. The predicted molar refractivity (Wildman–Crippen MR) is 121 cm³/mol. The monoisotopic (exact) mass is 410 g/mol. The molecule has 0 radical (unpaired) electrons. The standard InChI is InChI=1S/C25H29N3O2/c1-17-6-9-22-20(14-17)21-16-27(24(29)30-25(3,4)5)12-11-23(21)28(22)13-10-19-8-7-18(2)26-15-19/h6-10,13-15H,11-12,16H2,1-5H3/i1D3,2D3,8D. The fraction of sp³-hybridized carbons (Fsp3) is 0.360. The van der Waals surface area contributed by atoms with E-state index in [4.69, 9.17) is 14.3 Å². The summed E-state index contributed by atoms with van der Waals surface area (Å²) in [4.78, 5) is 18.4. The van der Waals surface area contributed by atoms with E-state index in [1.165, 1.54) is 12.3 Å². The van der Waals surface area contributed by atoms with E-state index in [2.05, 4.69) is 4.98 Å². The van der Waals surface area contributed by atoms with Crippen LogP contribution >= 0.6 is 0 Å². The third-order valence-electron chi connectivity index (χ3n) is 4.96. The summed E-state index contributed by atoms with van der Waals surface area (Å²) in [6.45, 7) is 1.43. The lowest BCUT2D eigenvalue weighted by Gasteiger charge is -2.30. The van der Waals surface area contributed by atoms with Crippen molar-refractivity contribution in [2.24, 2.45) is 0 Å². The molecule has 0 N–H and O–H groups in total. The van der Waals surface area contributed by atoms with Gasteiger partial charge in [-0.1, -0.05) is 17.7 Å². The summed E-state index contributed by atoms with van der Waals surface area (Å²) in [6.07, 6.45) is 4.89. The van der Waals surface area contributed by atoms with Crippen LogP contribution in [0.25, 0.3) is 23.2 Å². The number of rotatable bonds is 2. The Morgan fingerprint density at radius 3 is 2.90 bits per heavy atom. The maximum atomic E-state index is 12.8. The quantitative estimate of drug-likeness (QED) is 0.554. The van der Waals surface area contributed by atoms with Crippen LogP contribution in [0.15, 0.2) is 36.5 Å². The molecule has 1 aliphatic heterocycles. The summed E-state index contributed by atoms with van der Waals surface area (Å²) < 4.78 is 61.7. The van der Waals surface area contributed by atoms with Crippen molar-refractivity contribution in [3.63, 3.8) is 0 Å². The fourth-order valence-electron chi connectivity index (χ4n) is 3.66. The average molecular weight is 411 g/mol. The van der Waals surface area contributed by atoms with Gasteiger partial charge >= 0.3 is 6.09 Å². The van der Waals surface area contributed by atoms with Crippen LogP contribution in [0.5, 0.6) is 0 Å². The molecule has 3 aromatic rings. The van der Waals surface area contributed by atoms with Gasteiger partial charge in [-0.15, -0.1) is 0 Å². The van der Waals surface area contributed by atoms with E-state index < -0.39 is 25.4 Å². The first-order valence-electron chi connectivity index (χ1n) is 13.3. The van der Waals surface area contributed by atoms with Gasteiger partial charge < -0.3 is 14.2 Å². The Bertz CT molecular complexity index is 1380. The smallest absolute Gasteiger partial charge is 0.410 e. The molecule has 1 aromatic carbocycles. The second-order valence-corrected chi connectivity index (χ2v) is 8.38. The molecule has 0 fully saturated rings. The van der Waals surface area contributed by atoms with E-state index in [0.29, 0.717) is 18.5 Å². The molecule has 3 heterocycles. The van der Waals surface area contributed by atoms with E-state index in [-0.39, 0.29) is 23.8 Å². The summed E-state index contributed by atoms with van der Waals surface area (Å²) >= 11 is 0. The van der Waals surface area contributed by atoms with Crippen molar-refractivity contribution in [2.45, 2.75) is 53.0 Å². The lowest BCUT2D eigenvalue weighted by Crippen LogP contribution is -2.40. The third kappa shape index (κ3) is 4.11. The van der Waals surface area contributed by atoms with Crippen LogP contribution < -0.4 is 0 Å². The first-order chi connectivity index (χ1) is 17.0. The van der Waals surface area contributed by atoms with Crippen LogP contribution in [0.3, 0.4) is 0 Å². The van der Waals surface area contributed by atoms with Gasteiger partial charge in [0.1, 0.15) is 5.60 Å². The molecule has 4 rings (SSSR count). The third-order valence-corrected chi connectivity index (χ3v) is 4.96. The van der Waals surface area contributed by atoms with Crippen molar-refractivity contribution in [3.05, 3.63) is 64.6 Å². The Kier molecular flexibility index (Phi) is 3.38. The van der Waals surface area contributed by atoms with E-state index in [1.807, 2.05) is 4.57 Å². The normalized spacial score (nSPS) is 18.6. The zero-order chi connectivity index (χ0) is 27.3. The molecule has 2 aromatic heterocycles. The van der Waals surface area contributed by atoms with Crippen LogP contribution in [0.4, 0.5) is 4.79 Å². The zero-order valence-corrected chi connectivity index (χ0v) is 17.3. The van der Waals surface area contributed by atoms with Gasteiger partial charge in [-0.3, -0.25) is 4.98 Å². The molecule has 0 unspecified atom stereocenters. The van der Waals surface area contributed by atoms with Crippen molar-refractivity contribution < 1.29 is 19.1 Å². The maximum absolute atomic E-state index is 12.8. The minimum atomic E-state index is -2.39. The number of amides is 1. The summed E-state index contributed by atoms with van der Waals surface area (Å²) in [6, 6.07) is 6.22. The van der Waals surface area contributed by atoms with Gasteiger partial charge in [0.05, 0.1) is 13.4 Å². The SMILES string of the molecule is [2H]c1cc(C([2H])([2H])[2H])ncc1C=Cn1c2c(c3cc(C([2H])([2H])[2H])ccc31)CN(C(=O)OC(C)(C)C)CC2. The van der Waals surface area contributed by atoms with Gasteiger partial charge in [-0.25, -0.2) is 4.79 Å². The van der Waals surface area contributed by atoms with Crippen molar-refractivity contribution in [1.82, 2.24) is 14.5 Å². The van der Waals surface area contributed by atoms with E-state index in [1.54, 1.807) is 56.1 Å². The highest BCUT2D eigenvalue weighted by atomic mass is 16.6. The molecule has 0 aliphatic carbocycles. The first kappa shape index (κ1) is 13.3. The molecular weight excluding hydrogens is 374 g/mol. The maximum Gasteiger partial charge on any atom is 0.410 e. The van der Waals surface area contributed by atoms with Crippen molar-refractivity contribution in [2.75, 3.05) is 6.54 Å². The van der Waals surface area contributed by atoms with E-state index >= 15 is 0 Å². The van der Waals surface area contributed by atoms with Gasteiger partial charge in [0.25, 0.3) is 0 Å². The second kappa shape index (κ2) is 7.63. The van der Waals surface area contributed by atoms with Gasteiger partial charge in [0, 0.05) is 55.9 Å². The van der Waals surface area contributed by atoms with Gasteiger partial charge in [0.2, 0.25) is 0 Å². The Morgan fingerprint density at radius 2 is 2.17 bits per heavy atom. The highest BCUT2D eigenvalue weighted by molar-refractivity contribution is 5.89. The number of fused-ring (bicyclic) bond motifs is 3. The molecule has 156 valence electrons. The number of nitrogens with zero attached hydrogens (tertiary/aromatic N) is 3. The summed E-state index contributed by atoms with van der Waals surface area (Å²) in [5.41, 5.74) is 2.39. The second-order valence-electron chi connectivity index (χ2n) is 8.38. The minimum absolute atomic E-state index is 0.0310. The van der Waals surface area contributed by atoms with Gasteiger partial charge in [-0.2, -0.15) is 0 Å². The number of hydrogen-bond acceptors (Lipinski definition) is 3. The molecule has 5 nitrogen and oxygen atoms in total. The van der Waals surface area contributed by atoms with Gasteiger partial charge in [-0.05, 0) is 64.3 Å². The largest absolute Gasteiger partial charge is 0.444 e. The molecule has 0 atom stereocenters. The van der Waals surface area contributed by atoms with E-state index in [9.17, 15) is 4.79 Å². The molecule has 0 bridgehead atoms. The topological polar surface area (TPSA) is 47.4 Å². The number of carbonyl (C=O) groups is 1. The van der Waals surface area contributed by atoms with Crippen LogP contribution in [0.1, 0.15) is 58.4 Å². The van der Waals surface area contributed by atoms with E-state index in [0.717, 1.165) is 22.2 Å². The number of benzene rings is 1. The number of aromatic nitrogens is 2. The number of pyridine rings is 1. The first-order valence-corrected chi connectivity index (χ1v) is 9.84. The lowest BCUT2D eigenvalue weighted by molar-refractivity contribution is 0.0224. The summed E-state index contributed by atoms with van der Waals surface area (Å²) in [7, 11) is 0. The molecule has 30 heavy (non-hydrogen) atoms. The number of hydrogen-bond donors (Lipinski definition) is 0. The Morgan fingerprint density at radius 1 is 1.30 bits per heavy atom. The summed E-state index contributed by atoms with van der Waals surface area (Å²) in [5.74, 6) is 0. The van der Waals surface area contributed by atoms with Crippen LogP contribution in [0, 0.1) is 13.7 Å². The highest BCUT2D eigenvalue weighted by Gasteiger charge is 2.29. The molecule has 0 spiro atoms.